The van der Waals surface area contributed by atoms with Gasteiger partial charge in [-0.25, -0.2) is 0 Å². The molecular weight excluding hydrogens is 310 g/mol. The van der Waals surface area contributed by atoms with Crippen LogP contribution in [-0.4, -0.2) is 43.0 Å². The van der Waals surface area contributed by atoms with E-state index in [1.807, 2.05) is 0 Å². The highest BCUT2D eigenvalue weighted by Gasteiger charge is 2.16. The molecule has 0 unspecified atom stereocenters. The number of rotatable bonds is 6. The monoisotopic (exact) mass is 323 g/mol. The Kier molecular flexibility index (Phi) is 5.31. The van der Waals surface area contributed by atoms with Gasteiger partial charge in [-0.2, -0.15) is 12.7 Å². The highest BCUT2D eigenvalue weighted by Crippen LogP contribution is 2.15. The first kappa shape index (κ1) is 14.4. The first-order valence-electron chi connectivity index (χ1n) is 4.91. The summed E-state index contributed by atoms with van der Waals surface area (Å²) in [6.45, 7) is 0.214. The van der Waals surface area contributed by atoms with Gasteiger partial charge in [0.15, 0.2) is 0 Å². The Morgan fingerprint density at radius 3 is 2.82 bits per heavy atom. The lowest BCUT2D eigenvalue weighted by Gasteiger charge is -2.17. The van der Waals surface area contributed by atoms with Gasteiger partial charge in [0.05, 0.1) is 11.9 Å². The third-order valence-corrected chi connectivity index (χ3v) is 3.92. The van der Waals surface area contributed by atoms with E-state index in [1.165, 1.54) is 13.2 Å². The van der Waals surface area contributed by atoms with Crippen molar-refractivity contribution in [2.75, 3.05) is 24.9 Å². The second-order valence-corrected chi connectivity index (χ2v) is 6.09. The number of hydrogen-bond donors (Lipinski definition) is 2. The van der Waals surface area contributed by atoms with Crippen LogP contribution >= 0.6 is 15.9 Å². The van der Waals surface area contributed by atoms with Gasteiger partial charge >= 0.3 is 10.2 Å². The Morgan fingerprint density at radius 1 is 1.53 bits per heavy atom. The normalized spacial score (nSPS) is 11.8. The van der Waals surface area contributed by atoms with Crippen molar-refractivity contribution >= 4 is 31.8 Å². The summed E-state index contributed by atoms with van der Waals surface area (Å²) >= 11 is 3.20. The topological polar surface area (TPSA) is 82.5 Å². The Hall–Kier alpha value is -0.700. The predicted molar refractivity (Wildman–Crippen MR) is 68.8 cm³/mol. The summed E-state index contributed by atoms with van der Waals surface area (Å²) in [6.07, 6.45) is 3.38. The van der Waals surface area contributed by atoms with E-state index in [0.29, 0.717) is 16.6 Å². The quantitative estimate of drug-likeness (QED) is 0.811. The third-order valence-electron chi connectivity index (χ3n) is 1.99. The lowest BCUT2D eigenvalue weighted by molar-refractivity contribution is 0.276. The molecule has 0 aromatic carbocycles. The fourth-order valence-electron chi connectivity index (χ4n) is 1.11. The van der Waals surface area contributed by atoms with Crippen LogP contribution in [0.25, 0.3) is 0 Å². The van der Waals surface area contributed by atoms with Crippen molar-refractivity contribution in [2.24, 2.45) is 0 Å². The minimum atomic E-state index is -3.59. The maximum Gasteiger partial charge on any atom is 0.301 e. The fraction of sp³-hybridized carbons (Fsp3) is 0.444. The van der Waals surface area contributed by atoms with Gasteiger partial charge in [0.2, 0.25) is 0 Å². The Bertz CT molecular complexity index is 466. The van der Waals surface area contributed by atoms with E-state index in [2.05, 4.69) is 25.6 Å². The molecule has 1 rings (SSSR count). The van der Waals surface area contributed by atoms with E-state index in [4.69, 9.17) is 5.11 Å². The number of nitrogens with one attached hydrogen (secondary N) is 1. The zero-order chi connectivity index (χ0) is 12.9. The molecule has 0 aliphatic heterocycles. The number of aliphatic hydroxyl groups excluding tert-OH is 1. The fourth-order valence-corrected chi connectivity index (χ4v) is 2.41. The molecule has 1 aromatic heterocycles. The van der Waals surface area contributed by atoms with Crippen molar-refractivity contribution in [3.63, 3.8) is 0 Å². The lowest BCUT2D eigenvalue weighted by atomic mass is 10.4. The van der Waals surface area contributed by atoms with E-state index in [0.717, 1.165) is 4.31 Å². The zero-order valence-electron chi connectivity index (χ0n) is 9.30. The average Bonchev–Trinajstić information content (AvgIpc) is 2.25. The molecule has 8 heteroatoms. The second kappa shape index (κ2) is 6.29. The zero-order valence-corrected chi connectivity index (χ0v) is 11.7. The van der Waals surface area contributed by atoms with E-state index in [-0.39, 0.29) is 13.2 Å². The molecule has 0 amide bonds. The van der Waals surface area contributed by atoms with E-state index in [9.17, 15) is 8.42 Å². The van der Waals surface area contributed by atoms with Crippen molar-refractivity contribution in [3.05, 3.63) is 22.9 Å². The van der Waals surface area contributed by atoms with Crippen LogP contribution in [0.1, 0.15) is 6.42 Å². The molecule has 0 saturated carbocycles. The van der Waals surface area contributed by atoms with Crippen LogP contribution in [0.4, 0.5) is 5.69 Å². The molecule has 0 bridgehead atoms. The van der Waals surface area contributed by atoms with Gasteiger partial charge in [-0.3, -0.25) is 9.71 Å². The molecule has 2 N–H and O–H groups in total. The Morgan fingerprint density at radius 2 is 2.24 bits per heavy atom. The Balaban J connectivity index is 2.72. The molecule has 1 aromatic rings. The summed E-state index contributed by atoms with van der Waals surface area (Å²) in [6, 6.07) is 1.62. The van der Waals surface area contributed by atoms with E-state index < -0.39 is 10.2 Å². The van der Waals surface area contributed by atoms with Crippen molar-refractivity contribution in [3.8, 4) is 0 Å². The van der Waals surface area contributed by atoms with Gasteiger partial charge in [-0.1, -0.05) is 0 Å². The summed E-state index contributed by atoms with van der Waals surface area (Å²) in [5.41, 5.74) is 0.384. The van der Waals surface area contributed by atoms with E-state index in [1.54, 1.807) is 12.3 Å². The molecule has 0 saturated heterocycles. The molecule has 1 heterocycles. The summed E-state index contributed by atoms with van der Waals surface area (Å²) in [5.74, 6) is 0. The van der Waals surface area contributed by atoms with Crippen LogP contribution in [0.3, 0.4) is 0 Å². The average molecular weight is 324 g/mol. The second-order valence-electron chi connectivity index (χ2n) is 3.40. The van der Waals surface area contributed by atoms with Gasteiger partial charge in [0.1, 0.15) is 0 Å². The van der Waals surface area contributed by atoms with Gasteiger partial charge in [-0.15, -0.1) is 0 Å². The molecular formula is C9H14BrN3O3S. The lowest BCUT2D eigenvalue weighted by Crippen LogP contribution is -2.33. The molecule has 0 aliphatic carbocycles. The number of halogens is 1. The summed E-state index contributed by atoms with van der Waals surface area (Å²) in [5, 5.41) is 8.65. The first-order valence-corrected chi connectivity index (χ1v) is 7.14. The number of aromatic nitrogens is 1. The summed E-state index contributed by atoms with van der Waals surface area (Å²) in [4.78, 5) is 3.86. The summed E-state index contributed by atoms with van der Waals surface area (Å²) < 4.78 is 27.8. The standard InChI is InChI=1S/C9H14BrN3O3S/c1-13(3-2-4-14)17(15,16)12-9-5-8(10)6-11-7-9/h5-7,12,14H,2-4H2,1H3. The maximum atomic E-state index is 11.8. The van der Waals surface area contributed by atoms with Crippen molar-refractivity contribution in [1.29, 1.82) is 0 Å². The van der Waals surface area contributed by atoms with Crippen LogP contribution in [0.15, 0.2) is 22.9 Å². The maximum absolute atomic E-state index is 11.8. The minimum Gasteiger partial charge on any atom is -0.396 e. The largest absolute Gasteiger partial charge is 0.396 e. The first-order chi connectivity index (χ1) is 7.95. The molecule has 96 valence electrons. The van der Waals surface area contributed by atoms with Crippen molar-refractivity contribution in [1.82, 2.24) is 9.29 Å². The molecule has 17 heavy (non-hydrogen) atoms. The number of anilines is 1. The number of aliphatic hydroxyl groups is 1. The molecule has 0 atom stereocenters. The van der Waals surface area contributed by atoms with Gasteiger partial charge in [-0.05, 0) is 28.4 Å². The highest BCUT2D eigenvalue weighted by molar-refractivity contribution is 9.10. The van der Waals surface area contributed by atoms with Crippen molar-refractivity contribution in [2.45, 2.75) is 6.42 Å². The SMILES string of the molecule is CN(CCCO)S(=O)(=O)Nc1cncc(Br)c1. The van der Waals surface area contributed by atoms with Crippen LogP contribution in [0.2, 0.25) is 0 Å². The third kappa shape index (κ3) is 4.58. The Labute approximate surface area is 109 Å². The molecule has 0 fully saturated rings. The van der Waals surface area contributed by atoms with E-state index >= 15 is 0 Å². The molecule has 0 aliphatic rings. The molecule has 0 spiro atoms. The summed E-state index contributed by atoms with van der Waals surface area (Å²) in [7, 11) is -2.14. The van der Waals surface area contributed by atoms with Gasteiger partial charge in [0.25, 0.3) is 0 Å². The van der Waals surface area contributed by atoms with Crippen LogP contribution in [0, 0.1) is 0 Å². The van der Waals surface area contributed by atoms with Crippen LogP contribution in [0.5, 0.6) is 0 Å². The number of pyridine rings is 1. The predicted octanol–water partition coefficient (Wildman–Crippen LogP) is 0.815. The van der Waals surface area contributed by atoms with Crippen molar-refractivity contribution < 1.29 is 13.5 Å². The minimum absolute atomic E-state index is 0.0434. The highest BCUT2D eigenvalue weighted by atomic mass is 79.9. The smallest absolute Gasteiger partial charge is 0.301 e. The number of nitrogens with zero attached hydrogens (tertiary/aromatic N) is 2. The van der Waals surface area contributed by atoms with Crippen LogP contribution < -0.4 is 4.72 Å². The van der Waals surface area contributed by atoms with Gasteiger partial charge < -0.3 is 5.11 Å². The van der Waals surface area contributed by atoms with Gasteiger partial charge in [0, 0.05) is 30.9 Å². The van der Waals surface area contributed by atoms with Crippen LogP contribution in [-0.2, 0) is 10.2 Å². The molecule has 0 radical (unpaired) electrons. The number of hydrogen-bond acceptors (Lipinski definition) is 4. The molecule has 6 nitrogen and oxygen atoms in total.